The first-order chi connectivity index (χ1) is 13.1. The lowest BCUT2D eigenvalue weighted by molar-refractivity contribution is -0.115. The third-order valence-corrected chi connectivity index (χ3v) is 7.18. The Bertz CT molecular complexity index is 801. The van der Waals surface area contributed by atoms with E-state index in [0.29, 0.717) is 10.6 Å². The minimum Gasteiger partial charge on any atom is -0.465 e. The maximum Gasteiger partial charge on any atom is 0.341 e. The molecule has 0 spiro atoms. The van der Waals surface area contributed by atoms with Crippen LogP contribution in [-0.4, -0.2) is 24.2 Å². The molecule has 1 atom stereocenters. The number of hydrogen-bond donors (Lipinski definition) is 1. The standard InChI is InChI=1S/C21H25NO3S2/c1-14(26-13-15-9-5-3-6-10-15)19(23)22-20-18(21(24)25-2)16-11-7-4-8-12-17(16)27-20/h3,5-6,9-10,14H,4,7-8,11-13H2,1-2H3,(H,22,23). The Labute approximate surface area is 168 Å². The second kappa shape index (κ2) is 9.42. The number of esters is 1. The van der Waals surface area contributed by atoms with Gasteiger partial charge >= 0.3 is 5.97 Å². The van der Waals surface area contributed by atoms with E-state index in [1.165, 1.54) is 35.3 Å². The highest BCUT2D eigenvalue weighted by Crippen LogP contribution is 2.38. The molecule has 1 N–H and O–H groups in total. The summed E-state index contributed by atoms with van der Waals surface area (Å²) in [6, 6.07) is 10.1. The van der Waals surface area contributed by atoms with Crippen molar-refractivity contribution in [1.29, 1.82) is 0 Å². The number of hydrogen-bond acceptors (Lipinski definition) is 5. The molecule has 1 aromatic carbocycles. The quantitative estimate of drug-likeness (QED) is 0.541. The average Bonchev–Trinajstić information content (AvgIpc) is 2.86. The predicted octanol–water partition coefficient (Wildman–Crippen LogP) is 5.06. The fourth-order valence-electron chi connectivity index (χ4n) is 3.23. The number of benzene rings is 1. The van der Waals surface area contributed by atoms with Crippen LogP contribution in [0, 0.1) is 0 Å². The summed E-state index contributed by atoms with van der Waals surface area (Å²) in [6.45, 7) is 1.90. The van der Waals surface area contributed by atoms with Gasteiger partial charge in [0.15, 0.2) is 0 Å². The minimum absolute atomic E-state index is 0.0718. The molecule has 0 saturated carbocycles. The van der Waals surface area contributed by atoms with Crippen molar-refractivity contribution in [1.82, 2.24) is 0 Å². The van der Waals surface area contributed by atoms with Crippen LogP contribution >= 0.6 is 23.1 Å². The Kier molecular flexibility index (Phi) is 6.96. The normalized spacial score (nSPS) is 14.7. The molecule has 1 unspecified atom stereocenters. The summed E-state index contributed by atoms with van der Waals surface area (Å²) in [4.78, 5) is 26.3. The number of fused-ring (bicyclic) bond motifs is 1. The number of nitrogens with one attached hydrogen (secondary N) is 1. The Balaban J connectivity index is 1.72. The number of rotatable bonds is 6. The number of thioether (sulfide) groups is 1. The number of methoxy groups -OCH3 is 1. The van der Waals surface area contributed by atoms with Gasteiger partial charge in [0.1, 0.15) is 5.00 Å². The van der Waals surface area contributed by atoms with Crippen LogP contribution in [0.3, 0.4) is 0 Å². The van der Waals surface area contributed by atoms with Gasteiger partial charge in [-0.3, -0.25) is 4.79 Å². The summed E-state index contributed by atoms with van der Waals surface area (Å²) in [6.07, 6.45) is 5.23. The van der Waals surface area contributed by atoms with Crippen LogP contribution in [0.2, 0.25) is 0 Å². The monoisotopic (exact) mass is 403 g/mol. The third kappa shape index (κ3) is 4.93. The molecule has 6 heteroatoms. The van der Waals surface area contributed by atoms with E-state index < -0.39 is 0 Å². The molecule has 0 saturated heterocycles. The second-order valence-electron chi connectivity index (χ2n) is 6.69. The molecule has 27 heavy (non-hydrogen) atoms. The Morgan fingerprint density at radius 3 is 2.67 bits per heavy atom. The maximum absolute atomic E-state index is 12.7. The fourth-order valence-corrected chi connectivity index (χ4v) is 5.36. The zero-order valence-corrected chi connectivity index (χ0v) is 17.4. The van der Waals surface area contributed by atoms with Crippen LogP contribution in [0.4, 0.5) is 5.00 Å². The summed E-state index contributed by atoms with van der Waals surface area (Å²) < 4.78 is 5.00. The highest BCUT2D eigenvalue weighted by Gasteiger charge is 2.27. The first kappa shape index (κ1) is 20.0. The molecule has 0 fully saturated rings. The molecule has 0 radical (unpaired) electrons. The summed E-state index contributed by atoms with van der Waals surface area (Å²) >= 11 is 3.13. The van der Waals surface area contributed by atoms with Crippen molar-refractivity contribution in [2.24, 2.45) is 0 Å². The number of carbonyl (C=O) groups is 2. The summed E-state index contributed by atoms with van der Waals surface area (Å²) in [5.41, 5.74) is 2.83. The average molecular weight is 404 g/mol. The van der Waals surface area contributed by atoms with Crippen LogP contribution in [0.25, 0.3) is 0 Å². The molecule has 1 aliphatic rings. The summed E-state index contributed by atoms with van der Waals surface area (Å²) in [7, 11) is 1.40. The van der Waals surface area contributed by atoms with Crippen molar-refractivity contribution in [2.45, 2.75) is 50.0 Å². The lowest BCUT2D eigenvalue weighted by atomic mass is 10.1. The topological polar surface area (TPSA) is 55.4 Å². The van der Waals surface area contributed by atoms with Gasteiger partial charge in [0.05, 0.1) is 17.9 Å². The molecule has 1 aromatic heterocycles. The highest BCUT2D eigenvalue weighted by molar-refractivity contribution is 7.99. The molecule has 1 heterocycles. The van der Waals surface area contributed by atoms with Gasteiger partial charge in [-0.2, -0.15) is 0 Å². The van der Waals surface area contributed by atoms with E-state index in [2.05, 4.69) is 17.4 Å². The van der Waals surface area contributed by atoms with Crippen LogP contribution in [0.15, 0.2) is 30.3 Å². The van der Waals surface area contributed by atoms with Crippen molar-refractivity contribution in [2.75, 3.05) is 12.4 Å². The van der Waals surface area contributed by atoms with Gasteiger partial charge in [-0.25, -0.2) is 4.79 Å². The van der Waals surface area contributed by atoms with E-state index >= 15 is 0 Å². The van der Waals surface area contributed by atoms with Crippen LogP contribution in [-0.2, 0) is 28.1 Å². The van der Waals surface area contributed by atoms with Crippen LogP contribution in [0.1, 0.15) is 52.5 Å². The van der Waals surface area contributed by atoms with E-state index in [1.54, 1.807) is 11.8 Å². The molecular weight excluding hydrogens is 378 g/mol. The van der Waals surface area contributed by atoms with Gasteiger partial charge in [-0.1, -0.05) is 36.8 Å². The van der Waals surface area contributed by atoms with Crippen molar-refractivity contribution < 1.29 is 14.3 Å². The third-order valence-electron chi connectivity index (χ3n) is 4.76. The van der Waals surface area contributed by atoms with E-state index in [9.17, 15) is 9.59 Å². The smallest absolute Gasteiger partial charge is 0.341 e. The van der Waals surface area contributed by atoms with Crippen LogP contribution < -0.4 is 5.32 Å². The lowest BCUT2D eigenvalue weighted by Crippen LogP contribution is -2.23. The van der Waals surface area contributed by atoms with Gasteiger partial charge in [-0.15, -0.1) is 23.1 Å². The Hall–Kier alpha value is -1.79. The van der Waals surface area contributed by atoms with E-state index in [1.807, 2.05) is 25.1 Å². The molecule has 2 aromatic rings. The van der Waals surface area contributed by atoms with E-state index in [-0.39, 0.29) is 17.1 Å². The van der Waals surface area contributed by atoms with Crippen molar-refractivity contribution in [3.05, 3.63) is 51.9 Å². The Morgan fingerprint density at radius 1 is 1.19 bits per heavy atom. The van der Waals surface area contributed by atoms with Gasteiger partial charge in [0, 0.05) is 10.6 Å². The van der Waals surface area contributed by atoms with Crippen LogP contribution in [0.5, 0.6) is 0 Å². The summed E-state index contributed by atoms with van der Waals surface area (Å²) in [5, 5.41) is 3.43. The molecule has 144 valence electrons. The van der Waals surface area contributed by atoms with Crippen molar-refractivity contribution in [3.8, 4) is 0 Å². The molecule has 0 aliphatic heterocycles. The number of anilines is 1. The van der Waals surface area contributed by atoms with E-state index in [0.717, 1.165) is 37.0 Å². The summed E-state index contributed by atoms with van der Waals surface area (Å²) in [5.74, 6) is 0.354. The number of thiophene rings is 1. The van der Waals surface area contributed by atoms with Gasteiger partial charge in [0.2, 0.25) is 5.91 Å². The second-order valence-corrected chi connectivity index (χ2v) is 9.12. The largest absolute Gasteiger partial charge is 0.465 e. The van der Waals surface area contributed by atoms with Gasteiger partial charge < -0.3 is 10.1 Å². The van der Waals surface area contributed by atoms with Gasteiger partial charge in [-0.05, 0) is 43.7 Å². The lowest BCUT2D eigenvalue weighted by Gasteiger charge is -2.12. The maximum atomic E-state index is 12.7. The first-order valence-electron chi connectivity index (χ1n) is 9.29. The SMILES string of the molecule is COC(=O)c1c(NC(=O)C(C)SCc2ccccc2)sc2c1CCCCC2. The zero-order chi connectivity index (χ0) is 19.2. The number of amides is 1. The predicted molar refractivity (Wildman–Crippen MR) is 113 cm³/mol. The fraction of sp³-hybridized carbons (Fsp3) is 0.429. The molecule has 0 bridgehead atoms. The van der Waals surface area contributed by atoms with Crippen molar-refractivity contribution in [3.63, 3.8) is 0 Å². The number of aryl methyl sites for hydroxylation is 1. The zero-order valence-electron chi connectivity index (χ0n) is 15.7. The minimum atomic E-state index is -0.353. The molecule has 3 rings (SSSR count). The van der Waals surface area contributed by atoms with Crippen molar-refractivity contribution >= 4 is 40.0 Å². The molecule has 1 amide bonds. The molecular formula is C21H25NO3S2. The van der Waals surface area contributed by atoms with E-state index in [4.69, 9.17) is 4.74 Å². The first-order valence-corrected chi connectivity index (χ1v) is 11.2. The van der Waals surface area contributed by atoms with Gasteiger partial charge in [0.25, 0.3) is 0 Å². The molecule has 1 aliphatic carbocycles. The highest BCUT2D eigenvalue weighted by atomic mass is 32.2. The molecule has 4 nitrogen and oxygen atoms in total. The Morgan fingerprint density at radius 2 is 1.93 bits per heavy atom. The number of ether oxygens (including phenoxy) is 1. The number of carbonyl (C=O) groups excluding carboxylic acids is 2.